The van der Waals surface area contributed by atoms with Gasteiger partial charge in [-0.1, -0.05) is 37.6 Å². The van der Waals surface area contributed by atoms with Gasteiger partial charge in [0.15, 0.2) is 6.04 Å². The van der Waals surface area contributed by atoms with E-state index in [4.69, 9.17) is 9.47 Å². The molecule has 1 aromatic carbocycles. The molecule has 0 amide bonds. The van der Waals surface area contributed by atoms with Gasteiger partial charge in [0.05, 0.1) is 0 Å². The van der Waals surface area contributed by atoms with Crippen LogP contribution in [0.5, 0.6) is 0 Å². The van der Waals surface area contributed by atoms with Crippen LogP contribution in [0.4, 0.5) is 0 Å². The minimum atomic E-state index is -0.652. The summed E-state index contributed by atoms with van der Waals surface area (Å²) >= 11 is 0. The minimum absolute atomic E-state index is 0.287. The Morgan fingerprint density at radius 2 is 2.13 bits per heavy atom. The number of ether oxygens (including phenoxy) is 2. The molecule has 5 heteroatoms. The van der Waals surface area contributed by atoms with E-state index in [1.54, 1.807) is 0 Å². The number of benzene rings is 1. The van der Waals surface area contributed by atoms with Crippen molar-refractivity contribution in [2.24, 2.45) is 4.99 Å². The molecule has 1 aliphatic heterocycles. The fraction of sp³-hybridized carbons (Fsp3) is 0.389. The van der Waals surface area contributed by atoms with Crippen LogP contribution in [0.2, 0.25) is 0 Å². The van der Waals surface area contributed by atoms with Crippen molar-refractivity contribution < 1.29 is 19.1 Å². The molecule has 1 aliphatic rings. The summed E-state index contributed by atoms with van der Waals surface area (Å²) in [7, 11) is 0. The average Bonchev–Trinajstić information content (AvgIpc) is 2.89. The minimum Gasteiger partial charge on any atom is -0.458 e. The summed E-state index contributed by atoms with van der Waals surface area (Å²) in [6, 6.07) is 8.61. The van der Waals surface area contributed by atoms with E-state index in [2.05, 4.69) is 11.9 Å². The highest BCUT2D eigenvalue weighted by molar-refractivity contribution is 6.06. The van der Waals surface area contributed by atoms with Crippen LogP contribution in [0.1, 0.15) is 38.7 Å². The number of esters is 2. The third-order valence-corrected chi connectivity index (χ3v) is 3.34. The van der Waals surface area contributed by atoms with Gasteiger partial charge in [0.2, 0.25) is 5.90 Å². The number of carbonyl (C=O) groups is 2. The molecule has 0 saturated carbocycles. The van der Waals surface area contributed by atoms with Gasteiger partial charge in [-0.25, -0.2) is 9.79 Å². The molecule has 0 fully saturated rings. The second-order valence-electron chi connectivity index (χ2n) is 5.34. The summed E-state index contributed by atoms with van der Waals surface area (Å²) in [6.07, 6.45) is 5.48. The SMILES string of the molecule is CCCC=CC(CC1N=C(c2ccccc2)OC1=O)OC(C)=O. The number of nitrogens with zero attached hydrogens (tertiary/aromatic N) is 1. The molecule has 2 rings (SSSR count). The van der Waals surface area contributed by atoms with Crippen LogP contribution >= 0.6 is 0 Å². The molecular formula is C18H21NO4. The number of hydrogen-bond donors (Lipinski definition) is 0. The Morgan fingerprint density at radius 1 is 1.39 bits per heavy atom. The molecule has 122 valence electrons. The number of aliphatic imine (C=N–C) groups is 1. The van der Waals surface area contributed by atoms with Crippen molar-refractivity contribution in [1.82, 2.24) is 0 Å². The van der Waals surface area contributed by atoms with Crippen LogP contribution in [-0.2, 0) is 19.1 Å². The highest BCUT2D eigenvalue weighted by Crippen LogP contribution is 2.19. The number of cyclic esters (lactones) is 1. The van der Waals surface area contributed by atoms with Gasteiger partial charge in [-0.3, -0.25) is 4.79 Å². The average molecular weight is 315 g/mol. The van der Waals surface area contributed by atoms with Gasteiger partial charge in [0.25, 0.3) is 0 Å². The van der Waals surface area contributed by atoms with Gasteiger partial charge in [-0.2, -0.15) is 0 Å². The molecule has 5 nitrogen and oxygen atoms in total. The van der Waals surface area contributed by atoms with Crippen LogP contribution in [0, 0.1) is 0 Å². The fourth-order valence-corrected chi connectivity index (χ4v) is 2.26. The third kappa shape index (κ3) is 5.06. The molecule has 0 spiro atoms. The van der Waals surface area contributed by atoms with E-state index in [1.165, 1.54) is 6.92 Å². The number of rotatable bonds is 7. The number of hydrogen-bond acceptors (Lipinski definition) is 5. The van der Waals surface area contributed by atoms with Crippen LogP contribution in [0.15, 0.2) is 47.5 Å². The van der Waals surface area contributed by atoms with Gasteiger partial charge in [0.1, 0.15) is 6.10 Å². The van der Waals surface area contributed by atoms with E-state index in [-0.39, 0.29) is 12.4 Å². The topological polar surface area (TPSA) is 65.0 Å². The maximum absolute atomic E-state index is 12.0. The van der Waals surface area contributed by atoms with E-state index in [1.807, 2.05) is 42.5 Å². The summed E-state index contributed by atoms with van der Waals surface area (Å²) in [4.78, 5) is 27.6. The van der Waals surface area contributed by atoms with Gasteiger partial charge in [-0.15, -0.1) is 0 Å². The Kier molecular flexibility index (Phi) is 6.09. The summed E-state index contributed by atoms with van der Waals surface area (Å²) in [5, 5.41) is 0. The first-order valence-electron chi connectivity index (χ1n) is 7.79. The van der Waals surface area contributed by atoms with Crippen molar-refractivity contribution in [2.45, 2.75) is 45.3 Å². The Hall–Kier alpha value is -2.43. The first kappa shape index (κ1) is 16.9. The Labute approximate surface area is 136 Å². The largest absolute Gasteiger partial charge is 0.458 e. The first-order valence-corrected chi connectivity index (χ1v) is 7.79. The smallest absolute Gasteiger partial charge is 0.337 e. The van der Waals surface area contributed by atoms with Gasteiger partial charge in [0, 0.05) is 18.9 Å². The number of carbonyl (C=O) groups excluding carboxylic acids is 2. The van der Waals surface area contributed by atoms with Gasteiger partial charge in [-0.05, 0) is 24.6 Å². The molecular weight excluding hydrogens is 294 g/mol. The Bertz CT molecular complexity index is 607. The Morgan fingerprint density at radius 3 is 2.78 bits per heavy atom. The second-order valence-corrected chi connectivity index (χ2v) is 5.34. The molecule has 2 atom stereocenters. The van der Waals surface area contributed by atoms with E-state index in [0.29, 0.717) is 5.90 Å². The molecule has 23 heavy (non-hydrogen) atoms. The molecule has 2 unspecified atom stereocenters. The maximum Gasteiger partial charge on any atom is 0.337 e. The lowest BCUT2D eigenvalue weighted by Crippen LogP contribution is -2.24. The molecule has 1 heterocycles. The zero-order valence-corrected chi connectivity index (χ0v) is 13.4. The predicted octanol–water partition coefficient (Wildman–Crippen LogP) is 3.04. The normalized spacial score (nSPS) is 18.6. The van der Waals surface area contributed by atoms with Crippen molar-refractivity contribution in [3.8, 4) is 0 Å². The van der Waals surface area contributed by atoms with Crippen molar-refractivity contribution >= 4 is 17.8 Å². The van der Waals surface area contributed by atoms with Crippen molar-refractivity contribution in [3.63, 3.8) is 0 Å². The molecule has 0 radical (unpaired) electrons. The van der Waals surface area contributed by atoms with E-state index in [9.17, 15) is 9.59 Å². The molecule has 1 aromatic rings. The second kappa shape index (κ2) is 8.27. The van der Waals surface area contributed by atoms with Gasteiger partial charge >= 0.3 is 11.9 Å². The zero-order chi connectivity index (χ0) is 16.7. The molecule has 0 aliphatic carbocycles. The monoisotopic (exact) mass is 315 g/mol. The molecule has 0 aromatic heterocycles. The summed E-state index contributed by atoms with van der Waals surface area (Å²) < 4.78 is 10.5. The summed E-state index contributed by atoms with van der Waals surface area (Å²) in [5.74, 6) is -0.473. The van der Waals surface area contributed by atoms with Crippen LogP contribution in [-0.4, -0.2) is 30.0 Å². The lowest BCUT2D eigenvalue weighted by molar-refractivity contribution is -0.146. The Balaban J connectivity index is 2.07. The van der Waals surface area contributed by atoms with Crippen molar-refractivity contribution in [1.29, 1.82) is 0 Å². The lowest BCUT2D eigenvalue weighted by atomic mass is 10.1. The van der Waals surface area contributed by atoms with Gasteiger partial charge < -0.3 is 9.47 Å². The fourth-order valence-electron chi connectivity index (χ4n) is 2.26. The zero-order valence-electron chi connectivity index (χ0n) is 13.4. The summed E-state index contributed by atoms with van der Waals surface area (Å²) in [5.41, 5.74) is 0.758. The predicted molar refractivity (Wildman–Crippen MR) is 87.1 cm³/mol. The van der Waals surface area contributed by atoms with Crippen LogP contribution in [0.25, 0.3) is 0 Å². The van der Waals surface area contributed by atoms with E-state index in [0.717, 1.165) is 18.4 Å². The molecule has 0 N–H and O–H groups in total. The van der Waals surface area contributed by atoms with Crippen LogP contribution < -0.4 is 0 Å². The molecule has 0 saturated heterocycles. The van der Waals surface area contributed by atoms with Crippen molar-refractivity contribution in [2.75, 3.05) is 0 Å². The third-order valence-electron chi connectivity index (χ3n) is 3.34. The van der Waals surface area contributed by atoms with Crippen LogP contribution in [0.3, 0.4) is 0 Å². The lowest BCUT2D eigenvalue weighted by Gasteiger charge is -2.14. The highest BCUT2D eigenvalue weighted by Gasteiger charge is 2.32. The van der Waals surface area contributed by atoms with E-state index < -0.39 is 18.1 Å². The maximum atomic E-state index is 12.0. The van der Waals surface area contributed by atoms with E-state index >= 15 is 0 Å². The highest BCUT2D eigenvalue weighted by atomic mass is 16.6. The molecule has 0 bridgehead atoms. The quantitative estimate of drug-likeness (QED) is 0.573. The number of unbranched alkanes of at least 4 members (excludes halogenated alkanes) is 1. The first-order chi connectivity index (χ1) is 11.1. The summed E-state index contributed by atoms with van der Waals surface area (Å²) in [6.45, 7) is 3.42. The van der Waals surface area contributed by atoms with Crippen molar-refractivity contribution in [3.05, 3.63) is 48.0 Å². The number of allylic oxidation sites excluding steroid dienone is 1. The standard InChI is InChI=1S/C18H21NO4/c1-3-4-6-11-15(22-13(2)20)12-16-18(21)23-17(19-16)14-9-7-5-8-10-14/h5-11,15-16H,3-4,12H2,1-2H3.